The first-order valence-corrected chi connectivity index (χ1v) is 10.4. The molecule has 0 aromatic heterocycles. The molecule has 1 heterocycles. The van der Waals surface area contributed by atoms with Gasteiger partial charge in [0.15, 0.2) is 0 Å². The lowest BCUT2D eigenvalue weighted by Gasteiger charge is -2.44. The van der Waals surface area contributed by atoms with E-state index in [0.717, 1.165) is 38.8 Å². The molecule has 4 rings (SSSR count). The second-order valence-electron chi connectivity index (χ2n) is 8.54. The molecule has 1 amide bonds. The van der Waals surface area contributed by atoms with Crippen LogP contribution >= 0.6 is 0 Å². The quantitative estimate of drug-likeness (QED) is 0.880. The van der Waals surface area contributed by atoms with Crippen LogP contribution in [0.4, 0.5) is 0 Å². The zero-order chi connectivity index (χ0) is 17.9. The van der Waals surface area contributed by atoms with Crippen LogP contribution in [0.2, 0.25) is 0 Å². The van der Waals surface area contributed by atoms with Crippen molar-refractivity contribution in [2.45, 2.75) is 63.6 Å². The molecule has 142 valence electrons. The highest BCUT2D eigenvalue weighted by atomic mass is 16.5. The lowest BCUT2D eigenvalue weighted by Crippen LogP contribution is -2.50. The van der Waals surface area contributed by atoms with Crippen molar-refractivity contribution < 1.29 is 9.53 Å². The number of rotatable bonds is 5. The first-order valence-electron chi connectivity index (χ1n) is 10.4. The third-order valence-corrected chi connectivity index (χ3v) is 6.74. The van der Waals surface area contributed by atoms with Gasteiger partial charge in [0.2, 0.25) is 5.91 Å². The Morgan fingerprint density at radius 2 is 1.81 bits per heavy atom. The Labute approximate surface area is 157 Å². The van der Waals surface area contributed by atoms with E-state index >= 15 is 0 Å². The maximum atomic E-state index is 13.5. The van der Waals surface area contributed by atoms with Gasteiger partial charge in [0.1, 0.15) is 0 Å². The molecule has 1 aromatic carbocycles. The fourth-order valence-corrected chi connectivity index (χ4v) is 5.32. The molecular formula is C22H32N2O2. The van der Waals surface area contributed by atoms with Crippen LogP contribution in [0.5, 0.6) is 0 Å². The topological polar surface area (TPSA) is 55.6 Å². The first-order chi connectivity index (χ1) is 12.7. The van der Waals surface area contributed by atoms with E-state index in [-0.39, 0.29) is 12.0 Å². The predicted molar refractivity (Wildman–Crippen MR) is 102 cm³/mol. The molecule has 4 nitrogen and oxygen atoms in total. The summed E-state index contributed by atoms with van der Waals surface area (Å²) < 4.78 is 5.84. The zero-order valence-electron chi connectivity index (χ0n) is 15.7. The van der Waals surface area contributed by atoms with Gasteiger partial charge in [0, 0.05) is 31.7 Å². The molecule has 26 heavy (non-hydrogen) atoms. The fraction of sp³-hybridized carbons (Fsp3) is 0.682. The van der Waals surface area contributed by atoms with Crippen LogP contribution in [0, 0.1) is 17.8 Å². The summed E-state index contributed by atoms with van der Waals surface area (Å²) >= 11 is 0. The average molecular weight is 357 g/mol. The lowest BCUT2D eigenvalue weighted by molar-refractivity contribution is -0.141. The number of nitrogens with zero attached hydrogens (tertiary/aromatic N) is 1. The van der Waals surface area contributed by atoms with Gasteiger partial charge in [-0.25, -0.2) is 0 Å². The minimum Gasteiger partial charge on any atom is -0.376 e. The number of ether oxygens (including phenoxy) is 1. The number of carbonyl (C=O) groups is 1. The summed E-state index contributed by atoms with van der Waals surface area (Å²) in [6.07, 6.45) is 8.03. The minimum atomic E-state index is 0.148. The van der Waals surface area contributed by atoms with Gasteiger partial charge in [-0.3, -0.25) is 4.79 Å². The highest BCUT2D eigenvalue weighted by Crippen LogP contribution is 2.42. The molecular weight excluding hydrogens is 324 g/mol. The molecule has 2 bridgehead atoms. The van der Waals surface area contributed by atoms with Crippen LogP contribution in [-0.4, -0.2) is 36.1 Å². The van der Waals surface area contributed by atoms with E-state index in [4.69, 9.17) is 10.5 Å². The maximum absolute atomic E-state index is 13.5. The van der Waals surface area contributed by atoms with E-state index in [9.17, 15) is 4.79 Å². The Kier molecular flexibility index (Phi) is 5.60. The van der Waals surface area contributed by atoms with Gasteiger partial charge in [-0.15, -0.1) is 0 Å². The Balaban J connectivity index is 1.47. The summed E-state index contributed by atoms with van der Waals surface area (Å²) in [7, 11) is 0. The van der Waals surface area contributed by atoms with Gasteiger partial charge in [0.05, 0.1) is 6.10 Å². The Hall–Kier alpha value is -1.39. The molecule has 1 aromatic rings. The van der Waals surface area contributed by atoms with Crippen molar-refractivity contribution in [1.29, 1.82) is 0 Å². The second-order valence-corrected chi connectivity index (χ2v) is 8.54. The van der Waals surface area contributed by atoms with Crippen LogP contribution in [0.25, 0.3) is 0 Å². The van der Waals surface area contributed by atoms with Crippen LogP contribution in [0.1, 0.15) is 50.5 Å². The number of nitrogens with two attached hydrogens (primary N) is 1. The smallest absolute Gasteiger partial charge is 0.226 e. The predicted octanol–water partition coefficient (Wildman–Crippen LogP) is 3.35. The number of fused-ring (bicyclic) bond motifs is 2. The molecule has 2 N–H and O–H groups in total. The van der Waals surface area contributed by atoms with Crippen LogP contribution < -0.4 is 5.73 Å². The first kappa shape index (κ1) is 18.0. The van der Waals surface area contributed by atoms with E-state index in [0.29, 0.717) is 30.3 Å². The van der Waals surface area contributed by atoms with Gasteiger partial charge >= 0.3 is 0 Å². The summed E-state index contributed by atoms with van der Waals surface area (Å²) in [5, 5.41) is 0. The van der Waals surface area contributed by atoms with Crippen molar-refractivity contribution in [3.8, 4) is 0 Å². The number of hydrogen-bond acceptors (Lipinski definition) is 3. The van der Waals surface area contributed by atoms with Crippen molar-refractivity contribution in [3.63, 3.8) is 0 Å². The summed E-state index contributed by atoms with van der Waals surface area (Å²) in [6, 6.07) is 10.7. The normalized spacial score (nSPS) is 33.8. The minimum absolute atomic E-state index is 0.148. The molecule has 2 aliphatic carbocycles. The third kappa shape index (κ3) is 3.96. The highest BCUT2D eigenvalue weighted by Gasteiger charge is 2.41. The second kappa shape index (κ2) is 8.10. The SMILES string of the molecule is NC1C2CCCC1CC(C(=O)N(Cc1ccccc1)CC1CCCO1)C2. The van der Waals surface area contributed by atoms with Crippen molar-refractivity contribution in [2.75, 3.05) is 13.2 Å². The summed E-state index contributed by atoms with van der Waals surface area (Å²) in [6.45, 7) is 2.25. The van der Waals surface area contributed by atoms with Crippen LogP contribution in [-0.2, 0) is 16.1 Å². The Bertz CT molecular complexity index is 585. The molecule has 4 heteroatoms. The summed E-state index contributed by atoms with van der Waals surface area (Å²) in [5.41, 5.74) is 7.63. The highest BCUT2D eigenvalue weighted by molar-refractivity contribution is 5.79. The number of hydrogen-bond donors (Lipinski definition) is 1. The van der Waals surface area contributed by atoms with E-state index in [1.165, 1.54) is 24.8 Å². The molecule has 1 aliphatic heterocycles. The number of benzene rings is 1. The van der Waals surface area contributed by atoms with E-state index in [1.54, 1.807) is 0 Å². The average Bonchev–Trinajstić information content (AvgIpc) is 3.14. The lowest BCUT2D eigenvalue weighted by atomic mass is 9.65. The Morgan fingerprint density at radius 1 is 1.08 bits per heavy atom. The number of amides is 1. The van der Waals surface area contributed by atoms with Crippen LogP contribution in [0.15, 0.2) is 30.3 Å². The number of carbonyl (C=O) groups excluding carboxylic acids is 1. The molecule has 0 radical (unpaired) electrons. The van der Waals surface area contributed by atoms with Crippen molar-refractivity contribution in [3.05, 3.63) is 35.9 Å². The molecule has 3 unspecified atom stereocenters. The van der Waals surface area contributed by atoms with Gasteiger partial charge in [0.25, 0.3) is 0 Å². The maximum Gasteiger partial charge on any atom is 0.226 e. The largest absolute Gasteiger partial charge is 0.376 e. The van der Waals surface area contributed by atoms with Gasteiger partial charge in [-0.05, 0) is 55.9 Å². The summed E-state index contributed by atoms with van der Waals surface area (Å²) in [5.74, 6) is 1.55. The van der Waals surface area contributed by atoms with Crippen molar-refractivity contribution >= 4 is 5.91 Å². The third-order valence-electron chi connectivity index (χ3n) is 6.74. The standard InChI is InChI=1S/C22H32N2O2/c23-21-17-8-4-9-18(21)13-19(12-17)22(25)24(15-20-10-5-11-26-20)14-16-6-2-1-3-7-16/h1-3,6-7,17-21H,4-5,8-15,23H2. The van der Waals surface area contributed by atoms with E-state index in [2.05, 4.69) is 17.0 Å². The fourth-order valence-electron chi connectivity index (χ4n) is 5.32. The van der Waals surface area contributed by atoms with Gasteiger partial charge in [-0.2, -0.15) is 0 Å². The van der Waals surface area contributed by atoms with Crippen molar-refractivity contribution in [2.24, 2.45) is 23.5 Å². The van der Waals surface area contributed by atoms with Crippen molar-refractivity contribution in [1.82, 2.24) is 4.90 Å². The van der Waals surface area contributed by atoms with E-state index < -0.39 is 0 Å². The summed E-state index contributed by atoms with van der Waals surface area (Å²) in [4.78, 5) is 15.5. The Morgan fingerprint density at radius 3 is 2.46 bits per heavy atom. The van der Waals surface area contributed by atoms with E-state index in [1.807, 2.05) is 18.2 Å². The van der Waals surface area contributed by atoms with Crippen LogP contribution in [0.3, 0.4) is 0 Å². The molecule has 1 saturated heterocycles. The molecule has 3 atom stereocenters. The van der Waals surface area contributed by atoms with Gasteiger partial charge in [-0.1, -0.05) is 36.8 Å². The molecule has 3 aliphatic rings. The molecule has 0 spiro atoms. The molecule has 3 fully saturated rings. The molecule has 2 saturated carbocycles. The zero-order valence-corrected chi connectivity index (χ0v) is 15.7. The van der Waals surface area contributed by atoms with Gasteiger partial charge < -0.3 is 15.4 Å². The monoisotopic (exact) mass is 356 g/mol.